The third-order valence-electron chi connectivity index (χ3n) is 1.72. The van der Waals surface area contributed by atoms with E-state index in [1.165, 1.54) is 6.92 Å². The number of Topliss-reactive ketones (excluding diaryl/α,β-unsaturated/α-hetero) is 1. The third kappa shape index (κ3) is 1.67. The highest BCUT2D eigenvalue weighted by molar-refractivity contribution is 9.10. The molecular weight excluding hydrogens is 218 g/mol. The molecule has 12 heavy (non-hydrogen) atoms. The van der Waals surface area contributed by atoms with Crippen LogP contribution in [0, 0.1) is 6.92 Å². The number of halogens is 1. The Hall–Kier alpha value is -0.830. The van der Waals surface area contributed by atoms with Crippen molar-refractivity contribution in [1.29, 1.82) is 0 Å². The largest absolute Gasteiger partial charge is 0.398 e. The lowest BCUT2D eigenvalue weighted by Gasteiger charge is -2.04. The van der Waals surface area contributed by atoms with Gasteiger partial charge in [-0.25, -0.2) is 0 Å². The average Bonchev–Trinajstić information content (AvgIpc) is 1.96. The lowest BCUT2D eigenvalue weighted by atomic mass is 10.1. The number of nitrogens with two attached hydrogens (primary N) is 1. The zero-order valence-electron chi connectivity index (χ0n) is 7.02. The van der Waals surface area contributed by atoms with E-state index in [1.54, 1.807) is 6.07 Å². The molecule has 3 heteroatoms. The maximum atomic E-state index is 11.1. The maximum absolute atomic E-state index is 11.1. The summed E-state index contributed by atoms with van der Waals surface area (Å²) >= 11 is 3.29. The minimum atomic E-state index is 0.0479. The van der Waals surface area contributed by atoms with Crippen LogP contribution in [0.2, 0.25) is 0 Å². The zero-order valence-corrected chi connectivity index (χ0v) is 8.60. The number of benzene rings is 1. The molecule has 0 saturated heterocycles. The Morgan fingerprint density at radius 3 is 2.58 bits per heavy atom. The number of hydrogen-bond donors (Lipinski definition) is 1. The summed E-state index contributed by atoms with van der Waals surface area (Å²) < 4.78 is 0.838. The van der Waals surface area contributed by atoms with Gasteiger partial charge in [-0.3, -0.25) is 4.79 Å². The third-order valence-corrected chi connectivity index (χ3v) is 2.41. The molecule has 2 nitrogen and oxygen atoms in total. The Morgan fingerprint density at radius 2 is 2.08 bits per heavy atom. The van der Waals surface area contributed by atoms with Crippen molar-refractivity contribution >= 4 is 27.4 Å². The molecule has 0 aliphatic carbocycles. The second-order valence-electron chi connectivity index (χ2n) is 2.74. The lowest BCUT2D eigenvalue weighted by Crippen LogP contribution is -1.98. The molecule has 0 spiro atoms. The van der Waals surface area contributed by atoms with Crippen LogP contribution < -0.4 is 5.73 Å². The number of carbonyl (C=O) groups is 1. The van der Waals surface area contributed by atoms with E-state index in [-0.39, 0.29) is 5.78 Å². The lowest BCUT2D eigenvalue weighted by molar-refractivity contribution is 0.101. The molecule has 0 bridgehead atoms. The summed E-state index contributed by atoms with van der Waals surface area (Å²) in [6, 6.07) is 3.55. The highest BCUT2D eigenvalue weighted by atomic mass is 79.9. The van der Waals surface area contributed by atoms with Crippen molar-refractivity contribution in [1.82, 2.24) is 0 Å². The molecule has 0 atom stereocenters. The van der Waals surface area contributed by atoms with Gasteiger partial charge >= 0.3 is 0 Å². The molecule has 0 saturated carbocycles. The molecule has 0 amide bonds. The van der Waals surface area contributed by atoms with E-state index in [2.05, 4.69) is 15.9 Å². The summed E-state index contributed by atoms with van der Waals surface area (Å²) in [6.07, 6.45) is 0. The fraction of sp³-hybridized carbons (Fsp3) is 0.222. The normalized spacial score (nSPS) is 9.92. The summed E-state index contributed by atoms with van der Waals surface area (Å²) in [5.74, 6) is 0.0479. The molecule has 0 fully saturated rings. The van der Waals surface area contributed by atoms with Crippen LogP contribution in [0.25, 0.3) is 0 Å². The van der Waals surface area contributed by atoms with Crippen LogP contribution in [-0.2, 0) is 0 Å². The fourth-order valence-electron chi connectivity index (χ4n) is 1.07. The van der Waals surface area contributed by atoms with Gasteiger partial charge in [0.2, 0.25) is 0 Å². The van der Waals surface area contributed by atoms with Crippen molar-refractivity contribution in [2.45, 2.75) is 13.8 Å². The standard InChI is InChI=1S/C9H10BrNO/c1-5-3-8(10)9(11)4-7(5)6(2)12/h3-4H,11H2,1-2H3. The van der Waals surface area contributed by atoms with Crippen molar-refractivity contribution in [2.24, 2.45) is 0 Å². The number of anilines is 1. The Labute approximate surface area is 79.9 Å². The Morgan fingerprint density at radius 1 is 1.50 bits per heavy atom. The van der Waals surface area contributed by atoms with Gasteiger partial charge in [0, 0.05) is 15.7 Å². The molecule has 2 N–H and O–H groups in total. The number of hydrogen-bond acceptors (Lipinski definition) is 2. The number of carbonyl (C=O) groups excluding carboxylic acids is 1. The van der Waals surface area contributed by atoms with Gasteiger partial charge in [-0.2, -0.15) is 0 Å². The topological polar surface area (TPSA) is 43.1 Å². The number of rotatable bonds is 1. The first kappa shape index (κ1) is 9.26. The molecule has 64 valence electrons. The molecule has 0 unspecified atom stereocenters. The SMILES string of the molecule is CC(=O)c1cc(N)c(Br)cc1C. The minimum absolute atomic E-state index is 0.0479. The summed E-state index contributed by atoms with van der Waals surface area (Å²) in [5.41, 5.74) is 7.87. The van der Waals surface area contributed by atoms with Gasteiger partial charge < -0.3 is 5.73 Å². The minimum Gasteiger partial charge on any atom is -0.398 e. The van der Waals surface area contributed by atoms with Crippen LogP contribution in [0.15, 0.2) is 16.6 Å². The van der Waals surface area contributed by atoms with Crippen molar-refractivity contribution in [3.8, 4) is 0 Å². The second-order valence-corrected chi connectivity index (χ2v) is 3.60. The van der Waals surface area contributed by atoms with Gasteiger partial charge in [-0.1, -0.05) is 0 Å². The Bertz CT molecular complexity index is 334. The predicted octanol–water partition coefficient (Wildman–Crippen LogP) is 2.54. The number of nitrogen functional groups attached to an aromatic ring is 1. The van der Waals surface area contributed by atoms with E-state index in [4.69, 9.17) is 5.73 Å². The number of aryl methyl sites for hydroxylation is 1. The van der Waals surface area contributed by atoms with E-state index in [0.29, 0.717) is 11.3 Å². The number of ketones is 1. The van der Waals surface area contributed by atoms with Crippen molar-refractivity contribution in [3.63, 3.8) is 0 Å². The van der Waals surface area contributed by atoms with Crippen molar-refractivity contribution in [3.05, 3.63) is 27.7 Å². The Kier molecular flexibility index (Phi) is 2.52. The Balaban J connectivity index is 3.33. The van der Waals surface area contributed by atoms with Crippen LogP contribution in [-0.4, -0.2) is 5.78 Å². The summed E-state index contributed by atoms with van der Waals surface area (Å²) in [4.78, 5) is 11.1. The highest BCUT2D eigenvalue weighted by Gasteiger charge is 2.06. The van der Waals surface area contributed by atoms with Crippen LogP contribution in [0.1, 0.15) is 22.8 Å². The maximum Gasteiger partial charge on any atom is 0.160 e. The van der Waals surface area contributed by atoms with Crippen LogP contribution in [0.3, 0.4) is 0 Å². The average molecular weight is 228 g/mol. The molecule has 0 heterocycles. The van der Waals surface area contributed by atoms with Crippen molar-refractivity contribution < 1.29 is 4.79 Å². The molecule has 0 aliphatic rings. The second kappa shape index (κ2) is 3.27. The quantitative estimate of drug-likeness (QED) is 0.592. The molecule has 0 aliphatic heterocycles. The first-order valence-electron chi connectivity index (χ1n) is 3.59. The smallest absolute Gasteiger partial charge is 0.160 e. The molecule has 0 aromatic heterocycles. The zero-order chi connectivity index (χ0) is 9.30. The van der Waals surface area contributed by atoms with Gasteiger partial charge in [0.25, 0.3) is 0 Å². The van der Waals surface area contributed by atoms with Gasteiger partial charge in [0.15, 0.2) is 5.78 Å². The van der Waals surface area contributed by atoms with Gasteiger partial charge in [-0.05, 0) is 47.5 Å². The van der Waals surface area contributed by atoms with Crippen LogP contribution in [0.4, 0.5) is 5.69 Å². The molecule has 0 radical (unpaired) electrons. The van der Waals surface area contributed by atoms with Crippen LogP contribution >= 0.6 is 15.9 Å². The van der Waals surface area contributed by atoms with Crippen LogP contribution in [0.5, 0.6) is 0 Å². The highest BCUT2D eigenvalue weighted by Crippen LogP contribution is 2.23. The molecular formula is C9H10BrNO. The van der Waals surface area contributed by atoms with E-state index < -0.39 is 0 Å². The first-order chi connectivity index (χ1) is 5.52. The molecule has 1 aromatic rings. The van der Waals surface area contributed by atoms with Gasteiger partial charge in [-0.15, -0.1) is 0 Å². The molecule has 1 rings (SSSR count). The van der Waals surface area contributed by atoms with E-state index in [9.17, 15) is 4.79 Å². The van der Waals surface area contributed by atoms with Gasteiger partial charge in [0.1, 0.15) is 0 Å². The van der Waals surface area contributed by atoms with Crippen molar-refractivity contribution in [2.75, 3.05) is 5.73 Å². The summed E-state index contributed by atoms with van der Waals surface area (Å²) in [5, 5.41) is 0. The summed E-state index contributed by atoms with van der Waals surface area (Å²) in [7, 11) is 0. The van der Waals surface area contributed by atoms with E-state index >= 15 is 0 Å². The van der Waals surface area contributed by atoms with Gasteiger partial charge in [0.05, 0.1) is 0 Å². The summed E-state index contributed by atoms with van der Waals surface area (Å²) in [6.45, 7) is 3.43. The predicted molar refractivity (Wildman–Crippen MR) is 53.3 cm³/mol. The van der Waals surface area contributed by atoms with E-state index in [1.807, 2.05) is 13.0 Å². The van der Waals surface area contributed by atoms with E-state index in [0.717, 1.165) is 10.0 Å². The first-order valence-corrected chi connectivity index (χ1v) is 4.38. The molecule has 1 aromatic carbocycles. The fourth-order valence-corrected chi connectivity index (χ4v) is 1.53. The monoisotopic (exact) mass is 227 g/mol.